The van der Waals surface area contributed by atoms with Gasteiger partial charge in [-0.2, -0.15) is 0 Å². The van der Waals surface area contributed by atoms with Crippen molar-refractivity contribution >= 4 is 12.2 Å². The first-order valence-corrected chi connectivity index (χ1v) is 4.64. The van der Waals surface area contributed by atoms with Gasteiger partial charge in [-0.1, -0.05) is 6.08 Å². The van der Waals surface area contributed by atoms with E-state index in [1.807, 2.05) is 20.1 Å². The van der Waals surface area contributed by atoms with Crippen LogP contribution in [0.3, 0.4) is 0 Å². The maximum Gasteiger partial charge on any atom is 0.335 e. The quantitative estimate of drug-likeness (QED) is 0.491. The van der Waals surface area contributed by atoms with Crippen molar-refractivity contribution in [1.82, 2.24) is 0 Å². The Morgan fingerprint density at radius 2 is 2.54 bits per heavy atom. The molecule has 0 N–H and O–H groups in total. The molecule has 0 aromatic carbocycles. The lowest BCUT2D eigenvalue weighted by atomic mass is 10.1. The lowest BCUT2D eigenvalue weighted by Crippen LogP contribution is -2.17. The van der Waals surface area contributed by atoms with Crippen molar-refractivity contribution in [2.24, 2.45) is 4.99 Å². The molecule has 0 saturated carbocycles. The summed E-state index contributed by atoms with van der Waals surface area (Å²) >= 11 is 0. The van der Waals surface area contributed by atoms with Gasteiger partial charge in [0.25, 0.3) is 0 Å². The summed E-state index contributed by atoms with van der Waals surface area (Å²) in [7, 11) is 0. The molecule has 0 amide bonds. The van der Waals surface area contributed by atoms with Gasteiger partial charge in [0.05, 0.1) is 18.2 Å². The van der Waals surface area contributed by atoms with E-state index in [-0.39, 0.29) is 12.0 Å². The van der Waals surface area contributed by atoms with Gasteiger partial charge >= 0.3 is 5.97 Å². The molecule has 1 rings (SSSR count). The van der Waals surface area contributed by atoms with Crippen LogP contribution >= 0.6 is 0 Å². The number of hydrogen-bond donors (Lipinski definition) is 0. The van der Waals surface area contributed by atoms with Crippen molar-refractivity contribution in [3.05, 3.63) is 11.6 Å². The number of ether oxygens (including phenoxy) is 1. The molecule has 0 saturated heterocycles. The fourth-order valence-corrected chi connectivity index (χ4v) is 1.41. The van der Waals surface area contributed by atoms with Crippen molar-refractivity contribution in [3.8, 4) is 0 Å². The summed E-state index contributed by atoms with van der Waals surface area (Å²) in [6.07, 6.45) is 5.55. The second-order valence-corrected chi connectivity index (χ2v) is 2.89. The van der Waals surface area contributed by atoms with Crippen LogP contribution in [0.15, 0.2) is 16.6 Å². The standard InChI is InChI=1S/C10H15NO2/c1-3-8(10(12)13-4-2)9-6-5-7-11-9/h3,7,9H,4-6H2,1-2H3/b8-3+. The summed E-state index contributed by atoms with van der Waals surface area (Å²) < 4.78 is 4.93. The predicted molar refractivity (Wildman–Crippen MR) is 51.9 cm³/mol. The minimum atomic E-state index is -0.228. The maximum absolute atomic E-state index is 11.4. The second kappa shape index (κ2) is 4.80. The van der Waals surface area contributed by atoms with Gasteiger partial charge in [0, 0.05) is 0 Å². The molecule has 1 atom stereocenters. The summed E-state index contributed by atoms with van der Waals surface area (Å²) in [5.74, 6) is -0.228. The van der Waals surface area contributed by atoms with Gasteiger partial charge in [0.2, 0.25) is 0 Å². The van der Waals surface area contributed by atoms with Crippen molar-refractivity contribution in [3.63, 3.8) is 0 Å². The Morgan fingerprint density at radius 3 is 3.00 bits per heavy atom. The first-order chi connectivity index (χ1) is 6.29. The molecule has 72 valence electrons. The molecule has 0 aromatic heterocycles. The number of carbonyl (C=O) groups is 1. The lowest BCUT2D eigenvalue weighted by molar-refractivity contribution is -0.138. The van der Waals surface area contributed by atoms with Crippen LogP contribution in [0, 0.1) is 0 Å². The topological polar surface area (TPSA) is 38.7 Å². The zero-order valence-electron chi connectivity index (χ0n) is 8.12. The third kappa shape index (κ3) is 2.41. The number of rotatable bonds is 3. The molecule has 13 heavy (non-hydrogen) atoms. The first-order valence-electron chi connectivity index (χ1n) is 4.64. The van der Waals surface area contributed by atoms with E-state index in [1.54, 1.807) is 6.08 Å². The van der Waals surface area contributed by atoms with Crippen LogP contribution in [0.4, 0.5) is 0 Å². The van der Waals surface area contributed by atoms with E-state index in [0.29, 0.717) is 12.2 Å². The van der Waals surface area contributed by atoms with Gasteiger partial charge < -0.3 is 4.74 Å². The van der Waals surface area contributed by atoms with Crippen LogP contribution in [0.25, 0.3) is 0 Å². The number of esters is 1. The Bertz CT molecular complexity index is 243. The van der Waals surface area contributed by atoms with Crippen molar-refractivity contribution in [2.45, 2.75) is 32.7 Å². The van der Waals surface area contributed by atoms with Gasteiger partial charge in [0.15, 0.2) is 0 Å². The predicted octanol–water partition coefficient (Wildman–Crippen LogP) is 1.73. The van der Waals surface area contributed by atoms with Crippen molar-refractivity contribution in [1.29, 1.82) is 0 Å². The van der Waals surface area contributed by atoms with Gasteiger partial charge in [-0.25, -0.2) is 4.79 Å². The van der Waals surface area contributed by atoms with Crippen molar-refractivity contribution in [2.75, 3.05) is 6.61 Å². The van der Waals surface area contributed by atoms with Crippen LogP contribution in [0.1, 0.15) is 26.7 Å². The van der Waals surface area contributed by atoms with E-state index < -0.39 is 0 Å². The van der Waals surface area contributed by atoms with E-state index in [4.69, 9.17) is 4.74 Å². The molecule has 0 fully saturated rings. The van der Waals surface area contributed by atoms with E-state index in [1.165, 1.54) is 0 Å². The van der Waals surface area contributed by atoms with E-state index in [2.05, 4.69) is 4.99 Å². The molecular formula is C10H15NO2. The average molecular weight is 181 g/mol. The highest BCUT2D eigenvalue weighted by molar-refractivity contribution is 5.90. The Hall–Kier alpha value is -1.12. The van der Waals surface area contributed by atoms with Crippen LogP contribution in [-0.4, -0.2) is 24.8 Å². The van der Waals surface area contributed by atoms with E-state index >= 15 is 0 Å². The van der Waals surface area contributed by atoms with E-state index in [9.17, 15) is 4.79 Å². The summed E-state index contributed by atoms with van der Waals surface area (Å²) in [6.45, 7) is 4.08. The zero-order valence-corrected chi connectivity index (χ0v) is 8.12. The highest BCUT2D eigenvalue weighted by Gasteiger charge is 2.21. The maximum atomic E-state index is 11.4. The number of aliphatic imine (C=N–C) groups is 1. The first kappa shape index (κ1) is 9.96. The van der Waals surface area contributed by atoms with Crippen LogP contribution in [0.2, 0.25) is 0 Å². The Labute approximate surface area is 78.5 Å². The average Bonchev–Trinajstić information content (AvgIpc) is 2.59. The normalized spacial score (nSPS) is 22.0. The molecule has 0 spiro atoms. The van der Waals surface area contributed by atoms with Gasteiger partial charge in [0.1, 0.15) is 0 Å². The minimum absolute atomic E-state index is 0.0315. The zero-order chi connectivity index (χ0) is 9.68. The SMILES string of the molecule is C/C=C(/C(=O)OCC)C1CCC=N1. The Morgan fingerprint density at radius 1 is 1.77 bits per heavy atom. The summed E-state index contributed by atoms with van der Waals surface area (Å²) in [5, 5.41) is 0. The van der Waals surface area contributed by atoms with Gasteiger partial charge in [-0.05, 0) is 32.9 Å². The number of allylic oxidation sites excluding steroid dienone is 1. The monoisotopic (exact) mass is 181 g/mol. The highest BCUT2D eigenvalue weighted by Crippen LogP contribution is 2.18. The second-order valence-electron chi connectivity index (χ2n) is 2.89. The molecule has 3 heteroatoms. The fraction of sp³-hybridized carbons (Fsp3) is 0.600. The van der Waals surface area contributed by atoms with Crippen LogP contribution < -0.4 is 0 Å². The molecule has 0 aromatic rings. The lowest BCUT2D eigenvalue weighted by Gasteiger charge is -2.10. The molecule has 3 nitrogen and oxygen atoms in total. The Kier molecular flexibility index (Phi) is 3.68. The number of carbonyl (C=O) groups excluding carboxylic acids is 1. The molecule has 1 unspecified atom stereocenters. The van der Waals surface area contributed by atoms with Gasteiger partial charge in [-0.3, -0.25) is 4.99 Å². The summed E-state index contributed by atoms with van der Waals surface area (Å²) in [5.41, 5.74) is 0.690. The minimum Gasteiger partial charge on any atom is -0.463 e. The Balaban J connectivity index is 2.62. The number of nitrogens with zero attached hydrogens (tertiary/aromatic N) is 1. The number of hydrogen-bond acceptors (Lipinski definition) is 3. The largest absolute Gasteiger partial charge is 0.463 e. The van der Waals surface area contributed by atoms with Crippen LogP contribution in [-0.2, 0) is 9.53 Å². The smallest absolute Gasteiger partial charge is 0.335 e. The van der Waals surface area contributed by atoms with Gasteiger partial charge in [-0.15, -0.1) is 0 Å². The highest BCUT2D eigenvalue weighted by atomic mass is 16.5. The fourth-order valence-electron chi connectivity index (χ4n) is 1.41. The molecule has 1 aliphatic heterocycles. The molecule has 0 radical (unpaired) electrons. The summed E-state index contributed by atoms with van der Waals surface area (Å²) in [4.78, 5) is 15.6. The van der Waals surface area contributed by atoms with E-state index in [0.717, 1.165) is 12.8 Å². The summed E-state index contributed by atoms with van der Waals surface area (Å²) in [6, 6.07) is 0.0315. The third-order valence-electron chi connectivity index (χ3n) is 2.04. The third-order valence-corrected chi connectivity index (χ3v) is 2.04. The van der Waals surface area contributed by atoms with Crippen LogP contribution in [0.5, 0.6) is 0 Å². The van der Waals surface area contributed by atoms with Crippen molar-refractivity contribution < 1.29 is 9.53 Å². The molecule has 1 heterocycles. The molecule has 0 bridgehead atoms. The molecule has 0 aliphatic carbocycles. The molecular weight excluding hydrogens is 166 g/mol. The molecule has 1 aliphatic rings.